The van der Waals surface area contributed by atoms with Crippen molar-refractivity contribution in [3.63, 3.8) is 0 Å². The van der Waals surface area contributed by atoms with Crippen LogP contribution < -0.4 is 11.2 Å². The minimum Gasteiger partial charge on any atom is -0.461 e. The third-order valence-electron chi connectivity index (χ3n) is 2.13. The first-order valence-corrected chi connectivity index (χ1v) is 5.42. The van der Waals surface area contributed by atoms with E-state index in [9.17, 15) is 4.79 Å². The Morgan fingerprint density at radius 3 is 2.75 bits per heavy atom. The van der Waals surface area contributed by atoms with E-state index in [-0.39, 0.29) is 17.8 Å². The summed E-state index contributed by atoms with van der Waals surface area (Å²) in [6.45, 7) is 0.477. The van der Waals surface area contributed by atoms with Crippen LogP contribution in [0.1, 0.15) is 5.76 Å². The predicted octanol–water partition coefficient (Wildman–Crippen LogP) is 2.48. The van der Waals surface area contributed by atoms with Crippen LogP contribution in [0.15, 0.2) is 37.9 Å². The zero-order chi connectivity index (χ0) is 10.8. The molecule has 0 spiro atoms. The average Bonchev–Trinajstić information content (AvgIpc) is 2.20. The van der Waals surface area contributed by atoms with Gasteiger partial charge in [0.1, 0.15) is 11.3 Å². The molecule has 0 radical (unpaired) electrons. The summed E-state index contributed by atoms with van der Waals surface area (Å²) in [5, 5.41) is 0.588. The van der Waals surface area contributed by atoms with Crippen LogP contribution in [0.5, 0.6) is 0 Å². The second-order valence-corrected chi connectivity index (χ2v) is 4.17. The largest absolute Gasteiger partial charge is 0.461 e. The number of rotatable bonds is 2. The Balaban J connectivity index is 0.00000128. The highest BCUT2D eigenvalue weighted by atomic mass is 79.9. The van der Waals surface area contributed by atoms with Crippen LogP contribution in [0.4, 0.5) is 0 Å². The van der Waals surface area contributed by atoms with Crippen molar-refractivity contribution in [1.29, 1.82) is 0 Å². The highest BCUT2D eigenvalue weighted by Gasteiger charge is 2.04. The maximum Gasteiger partial charge on any atom is 0.192 e. The van der Waals surface area contributed by atoms with Gasteiger partial charge in [0.2, 0.25) is 0 Å². The second kappa shape index (κ2) is 5.48. The van der Waals surface area contributed by atoms with Crippen molar-refractivity contribution in [2.24, 2.45) is 5.73 Å². The molecule has 0 amide bonds. The fourth-order valence-electron chi connectivity index (χ4n) is 1.44. The summed E-state index contributed by atoms with van der Waals surface area (Å²) >= 11 is 3.32. The van der Waals surface area contributed by atoms with Gasteiger partial charge in [0.15, 0.2) is 5.43 Å². The zero-order valence-corrected chi connectivity index (χ0v) is 10.8. The van der Waals surface area contributed by atoms with Crippen molar-refractivity contribution in [1.82, 2.24) is 0 Å². The maximum absolute atomic E-state index is 11.7. The van der Waals surface area contributed by atoms with Gasteiger partial charge in [-0.15, -0.1) is 12.4 Å². The fraction of sp³-hybridized carbons (Fsp3) is 0.182. The minimum atomic E-state index is -0.0269. The minimum absolute atomic E-state index is 0. The highest BCUT2D eigenvalue weighted by Crippen LogP contribution is 2.18. The molecule has 0 aliphatic heterocycles. The summed E-state index contributed by atoms with van der Waals surface area (Å²) < 4.78 is 6.41. The van der Waals surface area contributed by atoms with Gasteiger partial charge < -0.3 is 10.2 Å². The van der Waals surface area contributed by atoms with E-state index >= 15 is 0 Å². The van der Waals surface area contributed by atoms with Crippen LogP contribution >= 0.6 is 28.3 Å². The normalized spacial score (nSPS) is 10.1. The lowest BCUT2D eigenvalue weighted by Crippen LogP contribution is -2.07. The quantitative estimate of drug-likeness (QED) is 0.927. The van der Waals surface area contributed by atoms with Crippen molar-refractivity contribution >= 4 is 39.3 Å². The van der Waals surface area contributed by atoms with Gasteiger partial charge in [-0.05, 0) is 24.7 Å². The van der Waals surface area contributed by atoms with E-state index in [4.69, 9.17) is 10.2 Å². The summed E-state index contributed by atoms with van der Waals surface area (Å²) in [7, 11) is 0. The molecule has 16 heavy (non-hydrogen) atoms. The molecule has 2 N–H and O–H groups in total. The van der Waals surface area contributed by atoms with E-state index < -0.39 is 0 Å². The topological polar surface area (TPSA) is 56.2 Å². The third kappa shape index (κ3) is 2.64. The molecule has 2 aromatic rings. The molecule has 0 aliphatic rings. The Hall–Kier alpha value is -0.840. The first-order chi connectivity index (χ1) is 7.20. The van der Waals surface area contributed by atoms with Crippen molar-refractivity contribution in [3.8, 4) is 0 Å². The molecule has 5 heteroatoms. The van der Waals surface area contributed by atoms with Gasteiger partial charge in [0.25, 0.3) is 0 Å². The lowest BCUT2D eigenvalue weighted by molar-refractivity contribution is 0.537. The van der Waals surface area contributed by atoms with Crippen molar-refractivity contribution < 1.29 is 4.42 Å². The highest BCUT2D eigenvalue weighted by molar-refractivity contribution is 9.10. The van der Waals surface area contributed by atoms with Gasteiger partial charge in [0, 0.05) is 17.0 Å². The lowest BCUT2D eigenvalue weighted by atomic mass is 10.2. The number of halogens is 2. The molecule has 0 bridgehead atoms. The first kappa shape index (κ1) is 13.2. The van der Waals surface area contributed by atoms with E-state index in [1.807, 2.05) is 6.07 Å². The number of hydrogen-bond donors (Lipinski definition) is 1. The van der Waals surface area contributed by atoms with Crippen LogP contribution in [0, 0.1) is 0 Å². The first-order valence-electron chi connectivity index (χ1n) is 4.63. The molecule has 0 saturated heterocycles. The molecule has 86 valence electrons. The van der Waals surface area contributed by atoms with Gasteiger partial charge >= 0.3 is 0 Å². The van der Waals surface area contributed by atoms with Crippen LogP contribution in [0.25, 0.3) is 11.0 Å². The molecular formula is C11H11BrClNO2. The Kier molecular flexibility index (Phi) is 4.53. The average molecular weight is 305 g/mol. The zero-order valence-electron chi connectivity index (χ0n) is 8.40. The lowest BCUT2D eigenvalue weighted by Gasteiger charge is -2.01. The third-order valence-corrected chi connectivity index (χ3v) is 2.62. The molecule has 1 heterocycles. The van der Waals surface area contributed by atoms with E-state index in [1.54, 1.807) is 12.1 Å². The van der Waals surface area contributed by atoms with Crippen molar-refractivity contribution in [3.05, 3.63) is 44.7 Å². The Bertz CT molecular complexity index is 553. The molecule has 1 aromatic heterocycles. The van der Waals surface area contributed by atoms with Crippen molar-refractivity contribution in [2.75, 3.05) is 6.54 Å². The SMILES string of the molecule is Cl.NCCc1cc(=O)c2cc(Br)ccc2o1. The van der Waals surface area contributed by atoms with Gasteiger partial charge in [-0.25, -0.2) is 0 Å². The molecular weight excluding hydrogens is 293 g/mol. The van der Waals surface area contributed by atoms with E-state index in [0.717, 1.165) is 4.47 Å². The van der Waals surface area contributed by atoms with Gasteiger partial charge in [-0.3, -0.25) is 4.79 Å². The van der Waals surface area contributed by atoms with Crippen LogP contribution in [-0.4, -0.2) is 6.54 Å². The molecule has 0 fully saturated rings. The number of benzene rings is 1. The number of nitrogens with two attached hydrogens (primary N) is 1. The molecule has 0 atom stereocenters. The fourth-order valence-corrected chi connectivity index (χ4v) is 1.80. The molecule has 0 saturated carbocycles. The standard InChI is InChI=1S/C11H10BrNO2.ClH/c12-7-1-2-11-9(5-7)10(14)6-8(15-11)3-4-13;/h1-2,5-6H,3-4,13H2;1H. The van der Waals surface area contributed by atoms with Crippen LogP contribution in [0.2, 0.25) is 0 Å². The van der Waals surface area contributed by atoms with E-state index in [2.05, 4.69) is 15.9 Å². The van der Waals surface area contributed by atoms with Gasteiger partial charge in [-0.1, -0.05) is 15.9 Å². The summed E-state index contributed by atoms with van der Waals surface area (Å²) in [6.07, 6.45) is 0.585. The van der Waals surface area contributed by atoms with E-state index in [1.165, 1.54) is 6.07 Å². The second-order valence-electron chi connectivity index (χ2n) is 3.26. The predicted molar refractivity (Wildman–Crippen MR) is 70.2 cm³/mol. The molecule has 1 aromatic carbocycles. The van der Waals surface area contributed by atoms with Gasteiger partial charge in [0.05, 0.1) is 5.39 Å². The summed E-state index contributed by atoms with van der Waals surface area (Å²) in [4.78, 5) is 11.7. The monoisotopic (exact) mass is 303 g/mol. The Labute approximate surface area is 107 Å². The van der Waals surface area contributed by atoms with Crippen molar-refractivity contribution in [2.45, 2.75) is 6.42 Å². The molecule has 3 nitrogen and oxygen atoms in total. The molecule has 2 rings (SSSR count). The summed E-state index contributed by atoms with van der Waals surface area (Å²) in [5.41, 5.74) is 5.99. The van der Waals surface area contributed by atoms with Gasteiger partial charge in [-0.2, -0.15) is 0 Å². The van der Waals surface area contributed by atoms with Crippen LogP contribution in [0.3, 0.4) is 0 Å². The summed E-state index contributed by atoms with van der Waals surface area (Å²) in [5.74, 6) is 0.636. The number of hydrogen-bond acceptors (Lipinski definition) is 3. The smallest absolute Gasteiger partial charge is 0.192 e. The number of fused-ring (bicyclic) bond motifs is 1. The maximum atomic E-state index is 11.7. The van der Waals surface area contributed by atoms with E-state index in [0.29, 0.717) is 29.7 Å². The van der Waals surface area contributed by atoms with Crippen LogP contribution in [-0.2, 0) is 6.42 Å². The summed E-state index contributed by atoms with van der Waals surface area (Å²) in [6, 6.07) is 6.88. The molecule has 0 unspecified atom stereocenters. The Morgan fingerprint density at radius 2 is 2.06 bits per heavy atom. The molecule has 0 aliphatic carbocycles. The Morgan fingerprint density at radius 1 is 1.31 bits per heavy atom.